The molecule has 0 radical (unpaired) electrons. The minimum absolute atomic E-state index is 0.0661. The zero-order chi connectivity index (χ0) is 14.6. The van der Waals surface area contributed by atoms with Crippen LogP contribution in [0.25, 0.3) is 11.5 Å². The number of nitrogens with zero attached hydrogens (tertiary/aromatic N) is 3. The van der Waals surface area contributed by atoms with Crippen molar-refractivity contribution in [1.82, 2.24) is 20.5 Å². The predicted molar refractivity (Wildman–Crippen MR) is 76.1 cm³/mol. The molecular formula is C13H16N4O2S. The van der Waals surface area contributed by atoms with Crippen LogP contribution in [0.1, 0.15) is 20.8 Å². The zero-order valence-electron chi connectivity index (χ0n) is 11.6. The van der Waals surface area contributed by atoms with Gasteiger partial charge in [0.1, 0.15) is 0 Å². The summed E-state index contributed by atoms with van der Waals surface area (Å²) >= 11 is 1.21. The van der Waals surface area contributed by atoms with E-state index >= 15 is 0 Å². The third-order valence-electron chi connectivity index (χ3n) is 2.16. The van der Waals surface area contributed by atoms with Gasteiger partial charge in [-0.3, -0.25) is 9.78 Å². The molecule has 106 valence electrons. The van der Waals surface area contributed by atoms with E-state index in [1.807, 2.05) is 26.8 Å². The second-order valence-electron chi connectivity index (χ2n) is 5.20. The molecule has 1 N–H and O–H groups in total. The van der Waals surface area contributed by atoms with Crippen LogP contribution in [-0.2, 0) is 4.79 Å². The maximum absolute atomic E-state index is 11.7. The van der Waals surface area contributed by atoms with Gasteiger partial charge in [0.15, 0.2) is 0 Å². The number of rotatable bonds is 4. The second kappa shape index (κ2) is 6.04. The molecule has 1 amide bonds. The molecule has 2 rings (SSSR count). The highest BCUT2D eigenvalue weighted by Crippen LogP contribution is 2.22. The van der Waals surface area contributed by atoms with Gasteiger partial charge in [0.2, 0.25) is 11.8 Å². The summed E-state index contributed by atoms with van der Waals surface area (Å²) in [5.74, 6) is 0.576. The largest absolute Gasteiger partial charge is 0.411 e. The summed E-state index contributed by atoms with van der Waals surface area (Å²) in [7, 11) is 0. The van der Waals surface area contributed by atoms with Crippen LogP contribution in [0.4, 0.5) is 0 Å². The van der Waals surface area contributed by atoms with E-state index in [-0.39, 0.29) is 17.2 Å². The number of hydrogen-bond donors (Lipinski definition) is 1. The summed E-state index contributed by atoms with van der Waals surface area (Å²) < 4.78 is 5.47. The topological polar surface area (TPSA) is 80.9 Å². The van der Waals surface area contributed by atoms with Crippen molar-refractivity contribution in [3.63, 3.8) is 0 Å². The maximum Gasteiger partial charge on any atom is 0.277 e. The molecule has 0 unspecified atom stereocenters. The number of pyridine rings is 1. The zero-order valence-corrected chi connectivity index (χ0v) is 12.4. The van der Waals surface area contributed by atoms with Crippen molar-refractivity contribution in [1.29, 1.82) is 0 Å². The van der Waals surface area contributed by atoms with Gasteiger partial charge in [-0.05, 0) is 32.9 Å². The average molecular weight is 292 g/mol. The molecule has 0 saturated heterocycles. The monoisotopic (exact) mass is 292 g/mol. The van der Waals surface area contributed by atoms with Gasteiger partial charge in [-0.1, -0.05) is 11.8 Å². The van der Waals surface area contributed by atoms with Gasteiger partial charge in [0, 0.05) is 17.9 Å². The van der Waals surface area contributed by atoms with E-state index in [0.717, 1.165) is 5.56 Å². The first kappa shape index (κ1) is 14.5. The van der Waals surface area contributed by atoms with E-state index in [0.29, 0.717) is 11.1 Å². The summed E-state index contributed by atoms with van der Waals surface area (Å²) in [5, 5.41) is 11.1. The highest BCUT2D eigenvalue weighted by atomic mass is 32.2. The Morgan fingerprint density at radius 1 is 1.40 bits per heavy atom. The highest BCUT2D eigenvalue weighted by Gasteiger charge is 2.15. The van der Waals surface area contributed by atoms with Crippen molar-refractivity contribution in [2.24, 2.45) is 0 Å². The van der Waals surface area contributed by atoms with E-state index in [9.17, 15) is 4.79 Å². The number of thioether (sulfide) groups is 1. The normalized spacial score (nSPS) is 11.3. The molecule has 0 atom stereocenters. The van der Waals surface area contributed by atoms with E-state index in [1.54, 1.807) is 18.5 Å². The van der Waals surface area contributed by atoms with Crippen LogP contribution in [0, 0.1) is 0 Å². The van der Waals surface area contributed by atoms with Crippen LogP contribution in [0.5, 0.6) is 0 Å². The Balaban J connectivity index is 1.92. The molecule has 0 bridgehead atoms. The molecule has 0 aliphatic carbocycles. The second-order valence-corrected chi connectivity index (χ2v) is 6.13. The standard InChI is InChI=1S/C13H16N4O2S/c1-13(2,3)15-10(18)8-20-12-17-16-11(19-12)9-5-4-6-14-7-9/h4-7H,8H2,1-3H3,(H,15,18). The third-order valence-corrected chi connectivity index (χ3v) is 2.97. The Labute approximate surface area is 121 Å². The van der Waals surface area contributed by atoms with Gasteiger partial charge in [-0.15, -0.1) is 10.2 Å². The Morgan fingerprint density at radius 2 is 2.20 bits per heavy atom. The van der Waals surface area contributed by atoms with Crippen LogP contribution < -0.4 is 5.32 Å². The van der Waals surface area contributed by atoms with Gasteiger partial charge < -0.3 is 9.73 Å². The summed E-state index contributed by atoms with van der Waals surface area (Å²) in [6.45, 7) is 5.80. The molecule has 0 fully saturated rings. The summed E-state index contributed by atoms with van der Waals surface area (Å²) in [6, 6.07) is 3.63. The van der Waals surface area contributed by atoms with Crippen molar-refractivity contribution in [3.05, 3.63) is 24.5 Å². The quantitative estimate of drug-likeness (QED) is 0.870. The molecule has 2 heterocycles. The van der Waals surface area contributed by atoms with Crippen molar-refractivity contribution < 1.29 is 9.21 Å². The lowest BCUT2D eigenvalue weighted by molar-refractivity contribution is -0.119. The molecule has 7 heteroatoms. The molecule has 0 saturated carbocycles. The Kier molecular flexibility index (Phi) is 4.39. The van der Waals surface area contributed by atoms with E-state index < -0.39 is 0 Å². The van der Waals surface area contributed by atoms with Crippen LogP contribution in [-0.4, -0.2) is 32.4 Å². The van der Waals surface area contributed by atoms with E-state index in [2.05, 4.69) is 20.5 Å². The van der Waals surface area contributed by atoms with E-state index in [1.165, 1.54) is 11.8 Å². The minimum atomic E-state index is -0.243. The maximum atomic E-state index is 11.7. The fraction of sp³-hybridized carbons (Fsp3) is 0.385. The lowest BCUT2D eigenvalue weighted by Crippen LogP contribution is -2.41. The molecule has 6 nitrogen and oxygen atoms in total. The summed E-state index contributed by atoms with van der Waals surface area (Å²) in [4.78, 5) is 15.7. The number of hydrogen-bond acceptors (Lipinski definition) is 6. The molecule has 2 aromatic rings. The Morgan fingerprint density at radius 3 is 2.85 bits per heavy atom. The smallest absolute Gasteiger partial charge is 0.277 e. The minimum Gasteiger partial charge on any atom is -0.411 e. The SMILES string of the molecule is CC(C)(C)NC(=O)CSc1nnc(-c2cccnc2)o1. The molecule has 0 aliphatic rings. The first-order chi connectivity index (χ1) is 9.44. The van der Waals surface area contributed by atoms with Crippen LogP contribution >= 0.6 is 11.8 Å². The number of carbonyl (C=O) groups excluding carboxylic acids is 1. The first-order valence-corrected chi connectivity index (χ1v) is 7.10. The summed E-state index contributed by atoms with van der Waals surface area (Å²) in [6.07, 6.45) is 3.32. The molecule has 0 spiro atoms. The lowest BCUT2D eigenvalue weighted by atomic mass is 10.1. The highest BCUT2D eigenvalue weighted by molar-refractivity contribution is 7.99. The van der Waals surface area contributed by atoms with Gasteiger partial charge in [0.05, 0.1) is 11.3 Å². The van der Waals surface area contributed by atoms with Crippen molar-refractivity contribution >= 4 is 17.7 Å². The Hall–Kier alpha value is -1.89. The number of nitrogens with one attached hydrogen (secondary N) is 1. The lowest BCUT2D eigenvalue weighted by Gasteiger charge is -2.19. The van der Waals surface area contributed by atoms with Crippen LogP contribution in [0.2, 0.25) is 0 Å². The fourth-order valence-electron chi connectivity index (χ4n) is 1.46. The fourth-order valence-corrected chi connectivity index (χ4v) is 2.02. The summed E-state index contributed by atoms with van der Waals surface area (Å²) in [5.41, 5.74) is 0.513. The number of aromatic nitrogens is 3. The molecular weight excluding hydrogens is 276 g/mol. The van der Waals surface area contributed by atoms with Gasteiger partial charge in [0.25, 0.3) is 5.22 Å². The van der Waals surface area contributed by atoms with Crippen LogP contribution in [0.15, 0.2) is 34.2 Å². The van der Waals surface area contributed by atoms with Crippen molar-refractivity contribution in [2.75, 3.05) is 5.75 Å². The molecule has 0 aromatic carbocycles. The Bertz CT molecular complexity index is 578. The predicted octanol–water partition coefficient (Wildman–Crippen LogP) is 2.14. The van der Waals surface area contributed by atoms with Gasteiger partial charge in [-0.25, -0.2) is 0 Å². The molecule has 0 aliphatic heterocycles. The van der Waals surface area contributed by atoms with Gasteiger partial charge >= 0.3 is 0 Å². The molecule has 20 heavy (non-hydrogen) atoms. The number of amides is 1. The molecule has 2 aromatic heterocycles. The average Bonchev–Trinajstić information content (AvgIpc) is 2.84. The first-order valence-electron chi connectivity index (χ1n) is 6.12. The van der Waals surface area contributed by atoms with Gasteiger partial charge in [-0.2, -0.15) is 0 Å². The van der Waals surface area contributed by atoms with E-state index in [4.69, 9.17) is 4.42 Å². The van der Waals surface area contributed by atoms with Crippen LogP contribution in [0.3, 0.4) is 0 Å². The van der Waals surface area contributed by atoms with Crippen molar-refractivity contribution in [2.45, 2.75) is 31.5 Å². The number of carbonyl (C=O) groups is 1. The third kappa shape index (κ3) is 4.34. The van der Waals surface area contributed by atoms with Crippen molar-refractivity contribution in [3.8, 4) is 11.5 Å².